The average Bonchev–Trinajstić information content (AvgIpc) is 2.34. The fraction of sp³-hybridized carbons (Fsp3) is 0.429. The number of rotatable bonds is 7. The zero-order valence-corrected chi connectivity index (χ0v) is 11.4. The average molecular weight is 271 g/mol. The highest BCUT2D eigenvalue weighted by molar-refractivity contribution is 5.43. The molecule has 0 aliphatic rings. The van der Waals surface area contributed by atoms with Gasteiger partial charge >= 0.3 is 6.61 Å². The molecule has 3 nitrogen and oxygen atoms in total. The van der Waals surface area contributed by atoms with E-state index in [1.807, 2.05) is 19.9 Å². The quantitative estimate of drug-likeness (QED) is 0.609. The summed E-state index contributed by atoms with van der Waals surface area (Å²) in [6.07, 6.45) is 2.06. The largest absolute Gasteiger partial charge is 0.493 e. The molecule has 0 unspecified atom stereocenters. The van der Waals surface area contributed by atoms with Gasteiger partial charge in [0.05, 0.1) is 7.11 Å². The number of halogens is 2. The number of methoxy groups -OCH3 is 1. The maximum Gasteiger partial charge on any atom is 0.387 e. The number of hydrogen-bond acceptors (Lipinski definition) is 3. The highest BCUT2D eigenvalue weighted by Crippen LogP contribution is 2.29. The summed E-state index contributed by atoms with van der Waals surface area (Å²) in [5.41, 5.74) is 2.09. The molecular weight excluding hydrogens is 252 g/mol. The van der Waals surface area contributed by atoms with Crippen molar-refractivity contribution >= 4 is 0 Å². The summed E-state index contributed by atoms with van der Waals surface area (Å²) >= 11 is 0. The zero-order chi connectivity index (χ0) is 14.3. The molecule has 0 aliphatic heterocycles. The van der Waals surface area contributed by atoms with Crippen LogP contribution in [0, 0.1) is 0 Å². The molecule has 0 heterocycles. The molecule has 5 heteroatoms. The first-order chi connectivity index (χ1) is 9.02. The number of benzene rings is 1. The van der Waals surface area contributed by atoms with Gasteiger partial charge in [-0.3, -0.25) is 0 Å². The lowest BCUT2D eigenvalue weighted by Gasteiger charge is -2.11. The van der Waals surface area contributed by atoms with E-state index in [-0.39, 0.29) is 5.75 Å². The second-order valence-electron chi connectivity index (χ2n) is 4.28. The van der Waals surface area contributed by atoms with Crippen LogP contribution >= 0.6 is 0 Å². The Kier molecular flexibility index (Phi) is 6.29. The van der Waals surface area contributed by atoms with E-state index in [1.165, 1.54) is 12.7 Å². The Balaban J connectivity index is 2.66. The van der Waals surface area contributed by atoms with Crippen molar-refractivity contribution in [1.29, 1.82) is 0 Å². The Labute approximate surface area is 112 Å². The van der Waals surface area contributed by atoms with E-state index in [9.17, 15) is 8.78 Å². The fourth-order valence-electron chi connectivity index (χ4n) is 1.51. The predicted molar refractivity (Wildman–Crippen MR) is 70.8 cm³/mol. The Hall–Kier alpha value is -1.62. The second kappa shape index (κ2) is 7.74. The third-order valence-corrected chi connectivity index (χ3v) is 2.43. The van der Waals surface area contributed by atoms with Crippen molar-refractivity contribution in [1.82, 2.24) is 5.32 Å². The van der Waals surface area contributed by atoms with Crippen molar-refractivity contribution in [2.45, 2.75) is 27.0 Å². The molecule has 0 bridgehead atoms. The van der Waals surface area contributed by atoms with Crippen LogP contribution in [0.25, 0.3) is 0 Å². The fourth-order valence-corrected chi connectivity index (χ4v) is 1.51. The Morgan fingerprint density at radius 2 is 2.05 bits per heavy atom. The molecule has 0 aromatic heterocycles. The molecule has 1 aromatic carbocycles. The Morgan fingerprint density at radius 3 is 2.63 bits per heavy atom. The van der Waals surface area contributed by atoms with Crippen LogP contribution in [0.5, 0.6) is 11.5 Å². The first-order valence-electron chi connectivity index (χ1n) is 5.98. The standard InChI is InChI=1S/C14H19F2NO2/c1-10(2)6-7-17-9-11-4-5-12(18-3)13(8-11)19-14(15)16/h4-6,8,14,17H,7,9H2,1-3H3. The van der Waals surface area contributed by atoms with Crippen molar-refractivity contribution in [3.63, 3.8) is 0 Å². The van der Waals surface area contributed by atoms with Crippen LogP contribution in [0.2, 0.25) is 0 Å². The third kappa shape index (κ3) is 5.70. The van der Waals surface area contributed by atoms with Gasteiger partial charge in [-0.15, -0.1) is 0 Å². The smallest absolute Gasteiger partial charge is 0.387 e. The van der Waals surface area contributed by atoms with Crippen LogP contribution in [-0.2, 0) is 6.54 Å². The van der Waals surface area contributed by atoms with Gasteiger partial charge in [-0.25, -0.2) is 0 Å². The lowest BCUT2D eigenvalue weighted by atomic mass is 10.2. The molecule has 0 atom stereocenters. The molecule has 0 saturated carbocycles. The molecule has 0 aliphatic carbocycles. The molecule has 106 valence electrons. The molecule has 19 heavy (non-hydrogen) atoms. The SMILES string of the molecule is COc1ccc(CNCC=C(C)C)cc1OC(F)F. The lowest BCUT2D eigenvalue weighted by Crippen LogP contribution is -2.13. The second-order valence-corrected chi connectivity index (χ2v) is 4.28. The number of hydrogen-bond donors (Lipinski definition) is 1. The molecule has 0 spiro atoms. The summed E-state index contributed by atoms with van der Waals surface area (Å²) in [5.74, 6) is 0.354. The van der Waals surface area contributed by atoms with Gasteiger partial charge in [-0.2, -0.15) is 8.78 Å². The van der Waals surface area contributed by atoms with E-state index in [2.05, 4.69) is 16.1 Å². The van der Waals surface area contributed by atoms with Crippen LogP contribution < -0.4 is 14.8 Å². The van der Waals surface area contributed by atoms with E-state index >= 15 is 0 Å². The topological polar surface area (TPSA) is 30.5 Å². The van der Waals surface area contributed by atoms with Crippen molar-refractivity contribution in [3.05, 3.63) is 35.4 Å². The molecule has 0 fully saturated rings. The molecule has 1 rings (SSSR count). The number of nitrogens with one attached hydrogen (secondary N) is 1. The van der Waals surface area contributed by atoms with E-state index in [1.54, 1.807) is 12.1 Å². The van der Waals surface area contributed by atoms with E-state index < -0.39 is 6.61 Å². The number of ether oxygens (including phenoxy) is 2. The van der Waals surface area contributed by atoms with Crippen LogP contribution in [-0.4, -0.2) is 20.3 Å². The summed E-state index contributed by atoms with van der Waals surface area (Å²) < 4.78 is 33.9. The van der Waals surface area contributed by atoms with E-state index in [0.717, 1.165) is 12.1 Å². The Bertz CT molecular complexity index is 429. The molecule has 0 radical (unpaired) electrons. The summed E-state index contributed by atoms with van der Waals surface area (Å²) in [6.45, 7) is 2.49. The van der Waals surface area contributed by atoms with Gasteiger partial charge in [0.15, 0.2) is 11.5 Å². The first kappa shape index (κ1) is 15.4. The van der Waals surface area contributed by atoms with Crippen LogP contribution in [0.4, 0.5) is 8.78 Å². The summed E-state index contributed by atoms with van der Waals surface area (Å²) in [6, 6.07) is 4.99. The van der Waals surface area contributed by atoms with Crippen molar-refractivity contribution in [3.8, 4) is 11.5 Å². The highest BCUT2D eigenvalue weighted by Gasteiger charge is 2.10. The van der Waals surface area contributed by atoms with Crippen molar-refractivity contribution in [2.24, 2.45) is 0 Å². The minimum absolute atomic E-state index is 0.0546. The van der Waals surface area contributed by atoms with Gasteiger partial charge in [-0.05, 0) is 31.5 Å². The monoisotopic (exact) mass is 271 g/mol. The molecule has 1 aromatic rings. The van der Waals surface area contributed by atoms with E-state index in [0.29, 0.717) is 12.3 Å². The zero-order valence-electron chi connectivity index (χ0n) is 11.4. The molecule has 1 N–H and O–H groups in total. The highest BCUT2D eigenvalue weighted by atomic mass is 19.3. The minimum Gasteiger partial charge on any atom is -0.493 e. The van der Waals surface area contributed by atoms with E-state index in [4.69, 9.17) is 4.74 Å². The Morgan fingerprint density at radius 1 is 1.32 bits per heavy atom. The van der Waals surface area contributed by atoms with Crippen LogP contribution in [0.3, 0.4) is 0 Å². The number of allylic oxidation sites excluding steroid dienone is 1. The van der Waals surface area contributed by atoms with Crippen LogP contribution in [0.1, 0.15) is 19.4 Å². The first-order valence-corrected chi connectivity index (χ1v) is 5.98. The maximum absolute atomic E-state index is 12.3. The summed E-state index contributed by atoms with van der Waals surface area (Å²) in [4.78, 5) is 0. The van der Waals surface area contributed by atoms with Gasteiger partial charge in [-0.1, -0.05) is 17.7 Å². The van der Waals surface area contributed by atoms with Gasteiger partial charge < -0.3 is 14.8 Å². The maximum atomic E-state index is 12.3. The van der Waals surface area contributed by atoms with Crippen LogP contribution in [0.15, 0.2) is 29.8 Å². The van der Waals surface area contributed by atoms with Gasteiger partial charge in [0.2, 0.25) is 0 Å². The van der Waals surface area contributed by atoms with Crippen molar-refractivity contribution in [2.75, 3.05) is 13.7 Å². The molecule has 0 saturated heterocycles. The molecule has 0 amide bonds. The van der Waals surface area contributed by atoms with Gasteiger partial charge in [0.1, 0.15) is 0 Å². The van der Waals surface area contributed by atoms with Gasteiger partial charge in [0.25, 0.3) is 0 Å². The normalized spacial score (nSPS) is 10.4. The summed E-state index contributed by atoms with van der Waals surface area (Å²) in [5, 5.41) is 3.19. The predicted octanol–water partition coefficient (Wildman–Crippen LogP) is 3.35. The minimum atomic E-state index is -2.86. The van der Waals surface area contributed by atoms with Crippen molar-refractivity contribution < 1.29 is 18.3 Å². The summed E-state index contributed by atoms with van der Waals surface area (Å²) in [7, 11) is 1.42. The number of alkyl halides is 2. The molecular formula is C14H19F2NO2. The third-order valence-electron chi connectivity index (χ3n) is 2.43. The lowest BCUT2D eigenvalue weighted by molar-refractivity contribution is -0.0512. The van der Waals surface area contributed by atoms with Gasteiger partial charge in [0, 0.05) is 13.1 Å².